The van der Waals surface area contributed by atoms with E-state index >= 15 is 0 Å². The number of rotatable bonds is 25. The van der Waals surface area contributed by atoms with Crippen LogP contribution in [0.3, 0.4) is 0 Å². The van der Waals surface area contributed by atoms with Crippen LogP contribution in [0.15, 0.2) is 0 Å². The van der Waals surface area contributed by atoms with Gasteiger partial charge in [-0.05, 0) is 12.8 Å². The van der Waals surface area contributed by atoms with Crippen LogP contribution in [0.2, 0.25) is 0 Å². The minimum atomic E-state index is -1.65. The van der Waals surface area contributed by atoms with Crippen LogP contribution in [0.25, 0.3) is 0 Å². The molecule has 1 unspecified atom stereocenters. The fraction of sp³-hybridized carbons (Fsp3) is 1.00. The predicted octanol–water partition coefficient (Wildman–Crippen LogP) is 9.47. The van der Waals surface area contributed by atoms with E-state index in [1.807, 2.05) is 0 Å². The van der Waals surface area contributed by atoms with E-state index in [4.69, 9.17) is 9.05 Å². The van der Waals surface area contributed by atoms with Gasteiger partial charge in [0.15, 0.2) is 0 Å². The molecule has 0 aromatic carbocycles. The Balaban J connectivity index is 3.12. The van der Waals surface area contributed by atoms with Gasteiger partial charge in [0.05, 0.1) is 13.2 Å². The Bertz CT molecular complexity index is 289. The monoisotopic (exact) mass is 432 g/mol. The summed E-state index contributed by atoms with van der Waals surface area (Å²) in [6, 6.07) is 0. The highest BCUT2D eigenvalue weighted by Crippen LogP contribution is 2.33. The third-order valence-corrected chi connectivity index (χ3v) is 6.46. The second kappa shape index (κ2) is 26.3. The minimum absolute atomic E-state index is 0.636. The van der Waals surface area contributed by atoms with Crippen LogP contribution in [-0.4, -0.2) is 18.1 Å². The molecule has 0 spiro atoms. The Labute approximate surface area is 184 Å². The van der Waals surface area contributed by atoms with Gasteiger partial charge in [-0.3, -0.25) is 0 Å². The van der Waals surface area contributed by atoms with Gasteiger partial charge in [0.1, 0.15) is 0 Å². The third kappa shape index (κ3) is 26.3. The molecule has 0 aliphatic carbocycles. The summed E-state index contributed by atoms with van der Waals surface area (Å²) in [7, 11) is -1.65. The van der Waals surface area contributed by atoms with E-state index in [1.165, 1.54) is 122 Å². The average Bonchev–Trinajstić information content (AvgIpc) is 2.72. The van der Waals surface area contributed by atoms with Gasteiger partial charge in [-0.25, -0.2) is 0 Å². The van der Waals surface area contributed by atoms with Gasteiger partial charge in [-0.15, -0.1) is 0 Å². The molecule has 0 radical (unpaired) electrons. The SMILES string of the molecule is CCCCCCCCCCCCCOP(O)OCCCCCCCCCCCC. The third-order valence-electron chi connectivity index (χ3n) is 5.65. The summed E-state index contributed by atoms with van der Waals surface area (Å²) >= 11 is 0. The fourth-order valence-electron chi connectivity index (χ4n) is 3.68. The Kier molecular flexibility index (Phi) is 26.6. The van der Waals surface area contributed by atoms with E-state index in [0.717, 1.165) is 12.8 Å². The quantitative estimate of drug-likeness (QED) is 0.115. The zero-order chi connectivity index (χ0) is 21.3. The minimum Gasteiger partial charge on any atom is -0.328 e. The summed E-state index contributed by atoms with van der Waals surface area (Å²) < 4.78 is 10.8. The van der Waals surface area contributed by atoms with Crippen molar-refractivity contribution in [3.63, 3.8) is 0 Å². The van der Waals surface area contributed by atoms with Crippen LogP contribution in [-0.2, 0) is 9.05 Å². The van der Waals surface area contributed by atoms with Gasteiger partial charge in [-0.2, -0.15) is 0 Å². The van der Waals surface area contributed by atoms with Gasteiger partial charge in [0.25, 0.3) is 0 Å². The fourth-order valence-corrected chi connectivity index (χ4v) is 4.32. The number of hydrogen-bond donors (Lipinski definition) is 1. The summed E-state index contributed by atoms with van der Waals surface area (Å²) in [5.41, 5.74) is 0. The standard InChI is InChI=1S/C25H53O3P/c1-3-5-7-9-11-13-15-17-19-21-23-25-28-29(26)27-24-22-20-18-16-14-12-10-8-6-4-2/h26H,3-25H2,1-2H3. The van der Waals surface area contributed by atoms with Crippen molar-refractivity contribution in [2.75, 3.05) is 13.2 Å². The Hall–Kier alpha value is 0.310. The molecule has 29 heavy (non-hydrogen) atoms. The molecule has 3 nitrogen and oxygen atoms in total. The average molecular weight is 433 g/mol. The van der Waals surface area contributed by atoms with Crippen molar-refractivity contribution in [1.82, 2.24) is 0 Å². The van der Waals surface area contributed by atoms with Crippen LogP contribution in [0.1, 0.15) is 149 Å². The lowest BCUT2D eigenvalue weighted by atomic mass is 10.1. The molecule has 0 aromatic rings. The van der Waals surface area contributed by atoms with E-state index in [1.54, 1.807) is 0 Å². The Morgan fingerprint density at radius 1 is 0.414 bits per heavy atom. The largest absolute Gasteiger partial charge is 0.329 e. The summed E-state index contributed by atoms with van der Waals surface area (Å²) in [5.74, 6) is 0. The normalized spacial score (nSPS) is 12.5. The van der Waals surface area contributed by atoms with Gasteiger partial charge in [0.2, 0.25) is 0 Å². The molecule has 1 N–H and O–H groups in total. The maximum atomic E-state index is 9.77. The zero-order valence-corrected chi connectivity index (χ0v) is 20.9. The van der Waals surface area contributed by atoms with Crippen molar-refractivity contribution in [3.05, 3.63) is 0 Å². The molecular formula is C25H53O3P. The van der Waals surface area contributed by atoms with Gasteiger partial charge < -0.3 is 13.9 Å². The Morgan fingerprint density at radius 2 is 0.655 bits per heavy atom. The van der Waals surface area contributed by atoms with Crippen LogP contribution >= 0.6 is 8.60 Å². The number of hydrogen-bond acceptors (Lipinski definition) is 3. The molecule has 0 aromatic heterocycles. The highest BCUT2D eigenvalue weighted by Gasteiger charge is 2.05. The van der Waals surface area contributed by atoms with E-state index < -0.39 is 8.60 Å². The lowest BCUT2D eigenvalue weighted by Crippen LogP contribution is -1.95. The maximum Gasteiger partial charge on any atom is 0.329 e. The molecule has 0 bridgehead atoms. The highest BCUT2D eigenvalue weighted by molar-refractivity contribution is 7.40. The summed E-state index contributed by atoms with van der Waals surface area (Å²) in [6.07, 6.45) is 27.8. The van der Waals surface area contributed by atoms with Gasteiger partial charge >= 0.3 is 8.60 Å². The van der Waals surface area contributed by atoms with Crippen molar-refractivity contribution in [2.24, 2.45) is 0 Å². The van der Waals surface area contributed by atoms with E-state index in [0.29, 0.717) is 13.2 Å². The molecule has 0 saturated heterocycles. The molecule has 0 amide bonds. The first-order valence-corrected chi connectivity index (χ1v) is 14.2. The topological polar surface area (TPSA) is 38.7 Å². The molecule has 0 saturated carbocycles. The van der Waals surface area contributed by atoms with E-state index in [-0.39, 0.29) is 0 Å². The second-order valence-electron chi connectivity index (χ2n) is 8.62. The zero-order valence-electron chi connectivity index (χ0n) is 20.0. The van der Waals surface area contributed by atoms with Gasteiger partial charge in [0, 0.05) is 0 Å². The van der Waals surface area contributed by atoms with Crippen LogP contribution in [0, 0.1) is 0 Å². The molecule has 0 fully saturated rings. The van der Waals surface area contributed by atoms with Crippen LogP contribution in [0.5, 0.6) is 0 Å². The summed E-state index contributed by atoms with van der Waals surface area (Å²) in [6.45, 7) is 5.81. The highest BCUT2D eigenvalue weighted by atomic mass is 31.2. The first-order chi connectivity index (χ1) is 14.3. The summed E-state index contributed by atoms with van der Waals surface area (Å²) in [5, 5.41) is 0. The summed E-state index contributed by atoms with van der Waals surface area (Å²) in [4.78, 5) is 9.77. The smallest absolute Gasteiger partial charge is 0.328 e. The lowest BCUT2D eigenvalue weighted by molar-refractivity contribution is 0.193. The Morgan fingerprint density at radius 3 is 0.931 bits per heavy atom. The molecule has 1 atom stereocenters. The molecular weight excluding hydrogens is 379 g/mol. The first-order valence-electron chi connectivity index (χ1n) is 13.1. The molecule has 0 aliphatic heterocycles. The predicted molar refractivity (Wildman–Crippen MR) is 129 cm³/mol. The molecule has 0 aliphatic rings. The van der Waals surface area contributed by atoms with E-state index in [2.05, 4.69) is 13.8 Å². The number of unbranched alkanes of at least 4 members (excludes halogenated alkanes) is 19. The van der Waals surface area contributed by atoms with Crippen molar-refractivity contribution in [3.8, 4) is 0 Å². The second-order valence-corrected chi connectivity index (χ2v) is 9.61. The van der Waals surface area contributed by atoms with Crippen LogP contribution < -0.4 is 0 Å². The van der Waals surface area contributed by atoms with Gasteiger partial charge in [-0.1, -0.05) is 136 Å². The first kappa shape index (κ1) is 29.3. The van der Waals surface area contributed by atoms with E-state index in [9.17, 15) is 4.89 Å². The van der Waals surface area contributed by atoms with Crippen molar-refractivity contribution in [1.29, 1.82) is 0 Å². The molecule has 4 heteroatoms. The maximum absolute atomic E-state index is 9.77. The van der Waals surface area contributed by atoms with Crippen molar-refractivity contribution in [2.45, 2.75) is 149 Å². The lowest BCUT2D eigenvalue weighted by Gasteiger charge is -2.10. The van der Waals surface area contributed by atoms with Crippen molar-refractivity contribution < 1.29 is 13.9 Å². The van der Waals surface area contributed by atoms with Crippen LogP contribution in [0.4, 0.5) is 0 Å². The van der Waals surface area contributed by atoms with Crippen molar-refractivity contribution >= 4 is 8.60 Å². The molecule has 0 rings (SSSR count). The molecule has 176 valence electrons. The molecule has 0 heterocycles.